The molecule has 0 saturated carbocycles. The Morgan fingerprint density at radius 1 is 1.00 bits per heavy atom. The third-order valence-corrected chi connectivity index (χ3v) is 4.82. The Balaban J connectivity index is 1.51. The topological polar surface area (TPSA) is 77.1 Å². The lowest BCUT2D eigenvalue weighted by Gasteiger charge is -2.28. The van der Waals surface area contributed by atoms with Crippen LogP contribution in [0.5, 0.6) is 11.5 Å². The molecule has 7 nitrogen and oxygen atoms in total. The summed E-state index contributed by atoms with van der Waals surface area (Å²) in [5.74, 6) is 0.816. The molecule has 29 heavy (non-hydrogen) atoms. The third-order valence-electron chi connectivity index (χ3n) is 4.82. The molecule has 1 fully saturated rings. The quantitative estimate of drug-likeness (QED) is 0.686. The van der Waals surface area contributed by atoms with Gasteiger partial charge in [0.25, 0.3) is 0 Å². The number of morpholine rings is 1. The molecule has 0 radical (unpaired) electrons. The SMILES string of the molecule is COc1ccc(CC(=O)NCC(=O)c2ccc(N3CCOCC3)cc2)cc1OC. The smallest absolute Gasteiger partial charge is 0.224 e. The van der Waals surface area contributed by atoms with Crippen LogP contribution in [0.25, 0.3) is 0 Å². The minimum absolute atomic E-state index is 0.0387. The van der Waals surface area contributed by atoms with Crippen LogP contribution >= 0.6 is 0 Å². The Morgan fingerprint density at radius 2 is 1.69 bits per heavy atom. The van der Waals surface area contributed by atoms with E-state index >= 15 is 0 Å². The van der Waals surface area contributed by atoms with E-state index < -0.39 is 0 Å². The average Bonchev–Trinajstić information content (AvgIpc) is 2.78. The predicted octanol–water partition coefficient (Wildman–Crippen LogP) is 2.08. The van der Waals surface area contributed by atoms with Crippen LogP contribution in [0, 0.1) is 0 Å². The number of hydrogen-bond acceptors (Lipinski definition) is 6. The summed E-state index contributed by atoms with van der Waals surface area (Å²) in [4.78, 5) is 26.8. The normalized spacial score (nSPS) is 13.7. The van der Waals surface area contributed by atoms with E-state index in [1.807, 2.05) is 12.1 Å². The Bertz CT molecular complexity index is 845. The van der Waals surface area contributed by atoms with Gasteiger partial charge in [0.1, 0.15) is 0 Å². The second kappa shape index (κ2) is 9.93. The number of nitrogens with zero attached hydrogens (tertiary/aromatic N) is 1. The Labute approximate surface area is 170 Å². The van der Waals surface area contributed by atoms with E-state index in [4.69, 9.17) is 14.2 Å². The van der Waals surface area contributed by atoms with E-state index in [-0.39, 0.29) is 24.7 Å². The lowest BCUT2D eigenvalue weighted by atomic mass is 10.1. The standard InChI is InChI=1S/C22H26N2O5/c1-27-20-8-3-16(13-21(20)28-2)14-22(26)23-15-19(25)17-4-6-18(7-5-17)24-9-11-29-12-10-24/h3-8,13H,9-12,14-15H2,1-2H3,(H,23,26). The van der Waals surface area contributed by atoms with Crippen LogP contribution in [0.2, 0.25) is 0 Å². The number of amides is 1. The first kappa shape index (κ1) is 20.7. The molecule has 1 N–H and O–H groups in total. The molecule has 0 unspecified atom stereocenters. The fourth-order valence-electron chi connectivity index (χ4n) is 3.20. The van der Waals surface area contributed by atoms with Gasteiger partial charge in [-0.1, -0.05) is 6.07 Å². The summed E-state index contributed by atoms with van der Waals surface area (Å²) in [5, 5.41) is 2.69. The van der Waals surface area contributed by atoms with Crippen molar-refractivity contribution in [3.63, 3.8) is 0 Å². The average molecular weight is 398 g/mol. The maximum atomic E-state index is 12.4. The number of carbonyl (C=O) groups is 2. The number of ketones is 1. The van der Waals surface area contributed by atoms with Crippen LogP contribution in [0.3, 0.4) is 0 Å². The highest BCUT2D eigenvalue weighted by molar-refractivity contribution is 5.99. The molecule has 0 aromatic heterocycles. The van der Waals surface area contributed by atoms with Crippen molar-refractivity contribution in [1.29, 1.82) is 0 Å². The first-order valence-corrected chi connectivity index (χ1v) is 9.54. The summed E-state index contributed by atoms with van der Waals surface area (Å²) in [7, 11) is 3.11. The second-order valence-corrected chi connectivity index (χ2v) is 6.71. The van der Waals surface area contributed by atoms with Crippen molar-refractivity contribution in [1.82, 2.24) is 5.32 Å². The van der Waals surface area contributed by atoms with Gasteiger partial charge >= 0.3 is 0 Å². The molecule has 1 amide bonds. The molecular formula is C22H26N2O5. The number of ether oxygens (including phenoxy) is 3. The van der Waals surface area contributed by atoms with Crippen molar-refractivity contribution < 1.29 is 23.8 Å². The van der Waals surface area contributed by atoms with Gasteiger partial charge in [0.2, 0.25) is 5.91 Å². The summed E-state index contributed by atoms with van der Waals surface area (Å²) in [6.45, 7) is 3.08. The number of hydrogen-bond donors (Lipinski definition) is 1. The number of rotatable bonds is 8. The maximum absolute atomic E-state index is 12.4. The Kier molecular flexibility index (Phi) is 7.08. The fraction of sp³-hybridized carbons (Fsp3) is 0.364. The first-order chi connectivity index (χ1) is 14.1. The molecule has 154 valence electrons. The summed E-state index contributed by atoms with van der Waals surface area (Å²) in [6.07, 6.45) is 0.156. The van der Waals surface area contributed by atoms with E-state index in [9.17, 15) is 9.59 Å². The van der Waals surface area contributed by atoms with Crippen molar-refractivity contribution in [3.8, 4) is 11.5 Å². The number of carbonyl (C=O) groups excluding carboxylic acids is 2. The molecule has 1 heterocycles. The number of methoxy groups -OCH3 is 2. The first-order valence-electron chi connectivity index (χ1n) is 9.54. The molecule has 0 spiro atoms. The largest absolute Gasteiger partial charge is 0.493 e. The highest BCUT2D eigenvalue weighted by atomic mass is 16.5. The second-order valence-electron chi connectivity index (χ2n) is 6.71. The molecule has 0 atom stereocenters. The third kappa shape index (κ3) is 5.48. The molecule has 3 rings (SSSR count). The van der Waals surface area contributed by atoms with Gasteiger partial charge in [-0.2, -0.15) is 0 Å². The Morgan fingerprint density at radius 3 is 2.34 bits per heavy atom. The summed E-state index contributed by atoms with van der Waals surface area (Å²) < 4.78 is 15.8. The van der Waals surface area contributed by atoms with Gasteiger partial charge in [0, 0.05) is 24.3 Å². The van der Waals surface area contributed by atoms with Crippen molar-refractivity contribution >= 4 is 17.4 Å². The predicted molar refractivity (Wildman–Crippen MR) is 110 cm³/mol. The Hall–Kier alpha value is -3.06. The number of benzene rings is 2. The van der Waals surface area contributed by atoms with Crippen molar-refractivity contribution in [2.75, 3.05) is 52.0 Å². The van der Waals surface area contributed by atoms with Crippen molar-refractivity contribution in [2.45, 2.75) is 6.42 Å². The van der Waals surface area contributed by atoms with E-state index in [0.29, 0.717) is 30.3 Å². The molecule has 2 aromatic rings. The molecule has 1 saturated heterocycles. The van der Waals surface area contributed by atoms with Gasteiger partial charge in [-0.3, -0.25) is 9.59 Å². The highest BCUT2D eigenvalue weighted by Gasteiger charge is 2.13. The lowest BCUT2D eigenvalue weighted by molar-refractivity contribution is -0.120. The van der Waals surface area contributed by atoms with E-state index in [1.54, 1.807) is 44.6 Å². The molecule has 0 bridgehead atoms. The van der Waals surface area contributed by atoms with E-state index in [1.165, 1.54) is 0 Å². The zero-order chi connectivity index (χ0) is 20.6. The maximum Gasteiger partial charge on any atom is 0.224 e. The number of Topliss-reactive ketones (excluding diaryl/α,β-unsaturated/α-hetero) is 1. The van der Waals surface area contributed by atoms with E-state index in [2.05, 4.69) is 10.2 Å². The molecule has 1 aliphatic heterocycles. The van der Waals surface area contributed by atoms with Crippen LogP contribution in [0.4, 0.5) is 5.69 Å². The van der Waals surface area contributed by atoms with E-state index in [0.717, 1.165) is 24.3 Å². The molecule has 7 heteroatoms. The summed E-state index contributed by atoms with van der Waals surface area (Å²) in [5.41, 5.74) is 2.43. The highest BCUT2D eigenvalue weighted by Crippen LogP contribution is 2.27. The number of nitrogens with one attached hydrogen (secondary N) is 1. The van der Waals surface area contributed by atoms with Crippen LogP contribution in [-0.4, -0.2) is 58.8 Å². The van der Waals surface area contributed by atoms with Gasteiger partial charge in [-0.15, -0.1) is 0 Å². The van der Waals surface area contributed by atoms with Gasteiger partial charge in [-0.25, -0.2) is 0 Å². The molecular weight excluding hydrogens is 372 g/mol. The van der Waals surface area contributed by atoms with Crippen LogP contribution in [0.15, 0.2) is 42.5 Å². The zero-order valence-corrected chi connectivity index (χ0v) is 16.8. The summed E-state index contributed by atoms with van der Waals surface area (Å²) in [6, 6.07) is 12.8. The van der Waals surface area contributed by atoms with Gasteiger partial charge < -0.3 is 24.4 Å². The zero-order valence-electron chi connectivity index (χ0n) is 16.8. The summed E-state index contributed by atoms with van der Waals surface area (Å²) >= 11 is 0. The van der Waals surface area contributed by atoms with Gasteiger partial charge in [0.15, 0.2) is 17.3 Å². The van der Waals surface area contributed by atoms with Crippen LogP contribution in [0.1, 0.15) is 15.9 Å². The monoisotopic (exact) mass is 398 g/mol. The fourth-order valence-corrected chi connectivity index (χ4v) is 3.20. The van der Waals surface area contributed by atoms with Gasteiger partial charge in [-0.05, 0) is 42.0 Å². The van der Waals surface area contributed by atoms with Crippen molar-refractivity contribution in [2.24, 2.45) is 0 Å². The number of anilines is 1. The molecule has 0 aliphatic carbocycles. The van der Waals surface area contributed by atoms with Gasteiger partial charge in [0.05, 0.1) is 40.4 Å². The van der Waals surface area contributed by atoms with Crippen LogP contribution < -0.4 is 19.7 Å². The minimum Gasteiger partial charge on any atom is -0.493 e. The molecule has 1 aliphatic rings. The van der Waals surface area contributed by atoms with Crippen molar-refractivity contribution in [3.05, 3.63) is 53.6 Å². The molecule has 2 aromatic carbocycles. The minimum atomic E-state index is -0.226. The van der Waals surface area contributed by atoms with Crippen LogP contribution in [-0.2, 0) is 16.0 Å². The lowest BCUT2D eigenvalue weighted by Crippen LogP contribution is -2.36.